The van der Waals surface area contributed by atoms with Crippen molar-refractivity contribution in [1.82, 2.24) is 5.32 Å². The van der Waals surface area contributed by atoms with Crippen LogP contribution in [-0.4, -0.2) is 17.9 Å². The largest absolute Gasteiger partial charge is 0.369 e. The molecule has 2 rings (SSSR count). The number of nitrogens with one attached hydrogen (secondary N) is 1. The van der Waals surface area contributed by atoms with Gasteiger partial charge in [-0.25, -0.2) is 0 Å². The molecule has 0 aromatic carbocycles. The quantitative estimate of drug-likeness (QED) is 0.831. The van der Waals surface area contributed by atoms with E-state index < -0.39 is 0 Å². The summed E-state index contributed by atoms with van der Waals surface area (Å²) in [7, 11) is 0. The van der Waals surface area contributed by atoms with Crippen molar-refractivity contribution in [3.8, 4) is 6.07 Å². The van der Waals surface area contributed by atoms with Crippen LogP contribution in [0.4, 0.5) is 0 Å². The second-order valence-corrected chi connectivity index (χ2v) is 5.92. The Morgan fingerprint density at radius 3 is 2.80 bits per heavy atom. The third kappa shape index (κ3) is 3.17. The van der Waals surface area contributed by atoms with Crippen molar-refractivity contribution in [1.29, 1.82) is 5.26 Å². The van der Waals surface area contributed by atoms with Gasteiger partial charge < -0.3 is 11.1 Å². The summed E-state index contributed by atoms with van der Waals surface area (Å²) in [4.78, 5) is 24.2. The lowest BCUT2D eigenvalue weighted by Crippen LogP contribution is -2.44. The second-order valence-electron chi connectivity index (χ2n) is 5.00. The Morgan fingerprint density at radius 1 is 1.35 bits per heavy atom. The summed E-state index contributed by atoms with van der Waals surface area (Å²) in [5.41, 5.74) is 5.81. The van der Waals surface area contributed by atoms with Crippen molar-refractivity contribution in [2.75, 3.05) is 0 Å². The number of hydrogen-bond donors (Lipinski definition) is 2. The maximum Gasteiger partial charge on any atom is 0.262 e. The van der Waals surface area contributed by atoms with E-state index in [1.54, 1.807) is 11.4 Å². The second kappa shape index (κ2) is 6.53. The van der Waals surface area contributed by atoms with Gasteiger partial charge in [0.15, 0.2) is 0 Å². The van der Waals surface area contributed by atoms with E-state index >= 15 is 0 Å². The maximum absolute atomic E-state index is 12.2. The van der Waals surface area contributed by atoms with Gasteiger partial charge in [-0.15, -0.1) is 11.3 Å². The molecule has 1 aromatic heterocycles. The molecular formula is C14H17N3O2S. The van der Waals surface area contributed by atoms with Crippen LogP contribution in [0.25, 0.3) is 0 Å². The lowest BCUT2D eigenvalue weighted by Gasteiger charge is -2.23. The first-order valence-corrected chi connectivity index (χ1v) is 7.59. The van der Waals surface area contributed by atoms with E-state index in [2.05, 4.69) is 5.32 Å². The Hall–Kier alpha value is -1.87. The number of carbonyl (C=O) groups is 2. The third-order valence-electron chi connectivity index (χ3n) is 3.69. The molecule has 3 N–H and O–H groups in total. The monoisotopic (exact) mass is 291 g/mol. The molecule has 20 heavy (non-hydrogen) atoms. The fourth-order valence-corrected chi connectivity index (χ4v) is 3.37. The fraction of sp³-hybridized carbons (Fsp3) is 0.500. The van der Waals surface area contributed by atoms with E-state index in [1.807, 2.05) is 6.07 Å². The highest BCUT2D eigenvalue weighted by molar-refractivity contribution is 7.12. The van der Waals surface area contributed by atoms with Gasteiger partial charge in [-0.3, -0.25) is 9.59 Å². The molecule has 6 heteroatoms. The van der Waals surface area contributed by atoms with Crippen LogP contribution in [0.5, 0.6) is 0 Å². The highest BCUT2D eigenvalue weighted by Crippen LogP contribution is 2.24. The molecular weight excluding hydrogens is 274 g/mol. The number of primary amides is 1. The summed E-state index contributed by atoms with van der Waals surface area (Å²) in [6.45, 7) is 0. The number of amides is 2. The molecule has 0 bridgehead atoms. The Labute approximate surface area is 121 Å². The van der Waals surface area contributed by atoms with Crippen molar-refractivity contribution < 1.29 is 9.59 Å². The van der Waals surface area contributed by atoms with Gasteiger partial charge in [-0.05, 0) is 24.3 Å². The van der Waals surface area contributed by atoms with Gasteiger partial charge in [0.1, 0.15) is 10.9 Å². The van der Waals surface area contributed by atoms with Crippen LogP contribution in [0.2, 0.25) is 0 Å². The first-order valence-electron chi connectivity index (χ1n) is 6.71. The van der Waals surface area contributed by atoms with E-state index in [-0.39, 0.29) is 23.8 Å². The van der Waals surface area contributed by atoms with Crippen molar-refractivity contribution in [2.24, 2.45) is 11.7 Å². The molecule has 2 atom stereocenters. The van der Waals surface area contributed by atoms with E-state index in [1.165, 1.54) is 11.3 Å². The molecule has 106 valence electrons. The molecule has 2 unspecified atom stereocenters. The predicted octanol–water partition coefficient (Wildman–Crippen LogP) is 1.78. The predicted molar refractivity (Wildman–Crippen MR) is 76.1 cm³/mol. The molecule has 1 heterocycles. The highest BCUT2D eigenvalue weighted by atomic mass is 32.1. The minimum Gasteiger partial charge on any atom is -0.369 e. The lowest BCUT2D eigenvalue weighted by atomic mass is 9.94. The zero-order valence-corrected chi connectivity index (χ0v) is 11.9. The van der Waals surface area contributed by atoms with Crippen molar-refractivity contribution >= 4 is 23.2 Å². The Balaban J connectivity index is 2.12. The fourth-order valence-electron chi connectivity index (χ4n) is 2.63. The van der Waals surface area contributed by atoms with Gasteiger partial charge in [0.05, 0.1) is 11.5 Å². The number of rotatable bonds is 3. The molecule has 1 saturated carbocycles. The molecule has 1 fully saturated rings. The number of nitriles is 1. The van der Waals surface area contributed by atoms with Gasteiger partial charge in [0, 0.05) is 6.04 Å². The molecule has 0 spiro atoms. The summed E-state index contributed by atoms with van der Waals surface area (Å²) >= 11 is 1.23. The first kappa shape index (κ1) is 14.5. The van der Waals surface area contributed by atoms with E-state index in [4.69, 9.17) is 11.0 Å². The van der Waals surface area contributed by atoms with E-state index in [0.717, 1.165) is 32.1 Å². The number of thiophene rings is 1. The van der Waals surface area contributed by atoms with Crippen LogP contribution in [0.1, 0.15) is 47.3 Å². The van der Waals surface area contributed by atoms with Gasteiger partial charge in [0.25, 0.3) is 5.91 Å². The van der Waals surface area contributed by atoms with Crippen LogP contribution in [0.3, 0.4) is 0 Å². The topological polar surface area (TPSA) is 96.0 Å². The normalized spacial score (nSPS) is 22.6. The number of carbonyl (C=O) groups excluding carboxylic acids is 2. The third-order valence-corrected chi connectivity index (χ3v) is 4.60. The van der Waals surface area contributed by atoms with E-state index in [0.29, 0.717) is 10.4 Å². The van der Waals surface area contributed by atoms with Crippen LogP contribution in [0.15, 0.2) is 11.4 Å². The molecule has 1 aliphatic rings. The number of nitrogens with two attached hydrogens (primary N) is 1. The summed E-state index contributed by atoms with van der Waals surface area (Å²) in [5, 5.41) is 13.6. The Morgan fingerprint density at radius 2 is 2.10 bits per heavy atom. The average Bonchev–Trinajstić information content (AvgIpc) is 2.78. The van der Waals surface area contributed by atoms with E-state index in [9.17, 15) is 9.59 Å². The van der Waals surface area contributed by atoms with Crippen LogP contribution >= 0.6 is 11.3 Å². The van der Waals surface area contributed by atoms with Crippen molar-refractivity contribution in [3.63, 3.8) is 0 Å². The summed E-state index contributed by atoms with van der Waals surface area (Å²) in [5.74, 6) is -0.953. The average molecular weight is 291 g/mol. The lowest BCUT2D eigenvalue weighted by molar-refractivity contribution is -0.122. The molecule has 0 saturated heterocycles. The Kier molecular flexibility index (Phi) is 4.74. The van der Waals surface area contributed by atoms with Crippen molar-refractivity contribution in [3.05, 3.63) is 21.9 Å². The number of nitrogens with zero attached hydrogens (tertiary/aromatic N) is 1. The minimum absolute atomic E-state index is 0.226. The van der Waals surface area contributed by atoms with Crippen molar-refractivity contribution in [2.45, 2.75) is 38.1 Å². The van der Waals surface area contributed by atoms with Crippen LogP contribution in [0, 0.1) is 17.2 Å². The minimum atomic E-state index is -0.358. The Bertz CT molecular complexity index is 547. The molecule has 2 amide bonds. The van der Waals surface area contributed by atoms with Gasteiger partial charge in [0.2, 0.25) is 5.91 Å². The number of hydrogen-bond acceptors (Lipinski definition) is 4. The molecule has 0 radical (unpaired) electrons. The standard InChI is InChI=1S/C14H17N3O2S/c15-8-9-6-7-20-12(9)14(19)17-11-5-3-1-2-4-10(11)13(16)18/h6-7,10-11H,1-5H2,(H2,16,18)(H,17,19). The summed E-state index contributed by atoms with van der Waals surface area (Å²) in [6, 6.07) is 3.40. The smallest absolute Gasteiger partial charge is 0.262 e. The molecule has 5 nitrogen and oxygen atoms in total. The summed E-state index contributed by atoms with van der Waals surface area (Å²) < 4.78 is 0. The molecule has 1 aliphatic carbocycles. The van der Waals surface area contributed by atoms with Gasteiger partial charge in [-0.2, -0.15) is 5.26 Å². The van der Waals surface area contributed by atoms with Gasteiger partial charge in [-0.1, -0.05) is 19.3 Å². The zero-order valence-electron chi connectivity index (χ0n) is 11.1. The van der Waals surface area contributed by atoms with Crippen LogP contribution in [-0.2, 0) is 4.79 Å². The SMILES string of the molecule is N#Cc1ccsc1C(=O)NC1CCCCCC1C(N)=O. The molecule has 1 aromatic rings. The zero-order chi connectivity index (χ0) is 14.5. The first-order chi connectivity index (χ1) is 9.63. The maximum atomic E-state index is 12.2. The highest BCUT2D eigenvalue weighted by Gasteiger charge is 2.30. The molecule has 0 aliphatic heterocycles. The van der Waals surface area contributed by atoms with Crippen LogP contribution < -0.4 is 11.1 Å². The summed E-state index contributed by atoms with van der Waals surface area (Å²) in [6.07, 6.45) is 4.47. The van der Waals surface area contributed by atoms with Gasteiger partial charge >= 0.3 is 0 Å².